The number of carbonyl (C=O) groups excluding carboxylic acids is 4. The molecule has 7 nitrogen and oxygen atoms in total. The van der Waals surface area contributed by atoms with Crippen molar-refractivity contribution in [3.05, 3.63) is 88.4 Å². The molecule has 0 saturated heterocycles. The number of amides is 1. The highest BCUT2D eigenvalue weighted by molar-refractivity contribution is 6.28. The van der Waals surface area contributed by atoms with E-state index in [1.807, 2.05) is 0 Å². The largest absolute Gasteiger partial charge is 0.469 e. The number of rotatable bonds is 4. The molecular formula is C23H17NO6. The third-order valence-electron chi connectivity index (χ3n) is 4.92. The van der Waals surface area contributed by atoms with E-state index in [2.05, 4.69) is 5.32 Å². The molecule has 0 radical (unpaired) electrons. The number of ether oxygens (including phenoxy) is 1. The fourth-order valence-electron chi connectivity index (χ4n) is 3.30. The van der Waals surface area contributed by atoms with Crippen molar-refractivity contribution in [3.8, 4) is 0 Å². The number of ketones is 2. The van der Waals surface area contributed by atoms with Gasteiger partial charge in [0.1, 0.15) is 11.3 Å². The molecule has 0 aliphatic heterocycles. The van der Waals surface area contributed by atoms with Gasteiger partial charge in [-0.05, 0) is 38.1 Å². The van der Waals surface area contributed by atoms with Crippen LogP contribution in [0.15, 0.2) is 59.2 Å². The molecule has 0 spiro atoms. The number of furan rings is 1. The SMILES string of the molecule is Cc1occc1C(=O)O[C@@H](C)C(=O)Nc1ccc2c(c1)C(=O)c1ccccc1C2=O. The number of benzene rings is 2. The van der Waals surface area contributed by atoms with Crippen LogP contribution in [0, 0.1) is 6.92 Å². The Hall–Kier alpha value is -4.00. The van der Waals surface area contributed by atoms with Crippen molar-refractivity contribution in [3.63, 3.8) is 0 Å². The molecule has 30 heavy (non-hydrogen) atoms. The highest BCUT2D eigenvalue weighted by atomic mass is 16.5. The van der Waals surface area contributed by atoms with Gasteiger partial charge in [-0.1, -0.05) is 24.3 Å². The predicted molar refractivity (Wildman–Crippen MR) is 107 cm³/mol. The smallest absolute Gasteiger partial charge is 0.342 e. The lowest BCUT2D eigenvalue weighted by molar-refractivity contribution is -0.123. The summed E-state index contributed by atoms with van der Waals surface area (Å²) in [6, 6.07) is 12.6. The van der Waals surface area contributed by atoms with Gasteiger partial charge in [0.25, 0.3) is 5.91 Å². The molecule has 7 heteroatoms. The topological polar surface area (TPSA) is 103 Å². The summed E-state index contributed by atoms with van der Waals surface area (Å²) >= 11 is 0. The molecule has 0 saturated carbocycles. The van der Waals surface area contributed by atoms with Crippen LogP contribution in [-0.4, -0.2) is 29.5 Å². The zero-order chi connectivity index (χ0) is 21.4. The van der Waals surface area contributed by atoms with E-state index in [0.29, 0.717) is 22.6 Å². The number of aryl methyl sites for hydroxylation is 1. The van der Waals surface area contributed by atoms with E-state index < -0.39 is 18.0 Å². The van der Waals surface area contributed by atoms with Crippen LogP contribution in [0.4, 0.5) is 5.69 Å². The number of fused-ring (bicyclic) bond motifs is 2. The highest BCUT2D eigenvalue weighted by Gasteiger charge is 2.30. The first kappa shape index (κ1) is 19.3. The molecule has 1 amide bonds. The zero-order valence-corrected chi connectivity index (χ0v) is 16.2. The normalized spacial score (nSPS) is 13.3. The molecular weight excluding hydrogens is 386 g/mol. The molecule has 1 aliphatic rings. The predicted octanol–water partition coefficient (Wildman–Crippen LogP) is 3.55. The van der Waals surface area contributed by atoms with Gasteiger partial charge in [-0.3, -0.25) is 14.4 Å². The summed E-state index contributed by atoms with van der Waals surface area (Å²) in [5, 5.41) is 2.61. The first-order valence-electron chi connectivity index (χ1n) is 9.25. The van der Waals surface area contributed by atoms with Crippen LogP contribution in [0.1, 0.15) is 54.9 Å². The van der Waals surface area contributed by atoms with E-state index in [1.54, 1.807) is 31.2 Å². The first-order chi connectivity index (χ1) is 14.4. The van der Waals surface area contributed by atoms with E-state index in [-0.39, 0.29) is 28.3 Å². The second-order valence-electron chi connectivity index (χ2n) is 6.89. The summed E-state index contributed by atoms with van der Waals surface area (Å²) in [6.07, 6.45) is 0.279. The summed E-state index contributed by atoms with van der Waals surface area (Å²) in [5.74, 6) is -1.38. The third-order valence-corrected chi connectivity index (χ3v) is 4.92. The number of hydrogen-bond acceptors (Lipinski definition) is 6. The standard InChI is InChI=1S/C23H17NO6/c1-12-15(9-10-29-12)23(28)30-13(2)22(27)24-14-7-8-18-19(11-14)21(26)17-6-4-3-5-16(17)20(18)25/h3-11,13H,1-2H3,(H,24,27)/t13-/m0/s1. The first-order valence-corrected chi connectivity index (χ1v) is 9.25. The maximum absolute atomic E-state index is 12.8. The van der Waals surface area contributed by atoms with Crippen LogP contribution in [0.5, 0.6) is 0 Å². The molecule has 3 aromatic rings. The molecule has 150 valence electrons. The summed E-state index contributed by atoms with van der Waals surface area (Å²) in [5.41, 5.74) is 1.76. The van der Waals surface area contributed by atoms with Gasteiger partial charge in [-0.2, -0.15) is 0 Å². The highest BCUT2D eigenvalue weighted by Crippen LogP contribution is 2.29. The maximum atomic E-state index is 12.8. The van der Waals surface area contributed by atoms with Crippen molar-refractivity contribution in [2.75, 3.05) is 5.32 Å². The van der Waals surface area contributed by atoms with Gasteiger partial charge in [0, 0.05) is 27.9 Å². The molecule has 1 N–H and O–H groups in total. The number of carbonyl (C=O) groups is 4. The lowest BCUT2D eigenvalue weighted by Crippen LogP contribution is -2.30. The van der Waals surface area contributed by atoms with Crippen molar-refractivity contribution >= 4 is 29.1 Å². The van der Waals surface area contributed by atoms with Crippen molar-refractivity contribution < 1.29 is 28.3 Å². The summed E-state index contributed by atoms with van der Waals surface area (Å²) in [4.78, 5) is 50.0. The van der Waals surface area contributed by atoms with Crippen LogP contribution >= 0.6 is 0 Å². The minimum Gasteiger partial charge on any atom is -0.469 e. The van der Waals surface area contributed by atoms with E-state index in [9.17, 15) is 19.2 Å². The van der Waals surface area contributed by atoms with Crippen molar-refractivity contribution in [2.45, 2.75) is 20.0 Å². The zero-order valence-electron chi connectivity index (χ0n) is 16.2. The van der Waals surface area contributed by atoms with E-state index in [1.165, 1.54) is 37.5 Å². The van der Waals surface area contributed by atoms with E-state index in [0.717, 1.165) is 0 Å². The van der Waals surface area contributed by atoms with E-state index >= 15 is 0 Å². The Labute approximate surface area is 171 Å². The minimum absolute atomic E-state index is 0.218. The Balaban J connectivity index is 1.51. The summed E-state index contributed by atoms with van der Waals surface area (Å²) < 4.78 is 10.2. The molecule has 2 aromatic carbocycles. The van der Waals surface area contributed by atoms with Gasteiger partial charge >= 0.3 is 5.97 Å². The Morgan fingerprint density at radius 1 is 0.933 bits per heavy atom. The molecule has 0 unspecified atom stereocenters. The second kappa shape index (κ2) is 7.44. The molecule has 1 heterocycles. The third kappa shape index (κ3) is 3.30. The van der Waals surface area contributed by atoms with Gasteiger partial charge < -0.3 is 14.5 Å². The fraction of sp³-hybridized carbons (Fsp3) is 0.130. The maximum Gasteiger partial charge on any atom is 0.342 e. The monoisotopic (exact) mass is 403 g/mol. The van der Waals surface area contributed by atoms with Crippen LogP contribution in [-0.2, 0) is 9.53 Å². The van der Waals surface area contributed by atoms with Crippen LogP contribution < -0.4 is 5.32 Å². The van der Waals surface area contributed by atoms with Gasteiger partial charge in [0.05, 0.1) is 6.26 Å². The van der Waals surface area contributed by atoms with Gasteiger partial charge in [0.15, 0.2) is 17.7 Å². The average Bonchev–Trinajstić information content (AvgIpc) is 3.18. The lowest BCUT2D eigenvalue weighted by atomic mass is 9.84. The Morgan fingerprint density at radius 2 is 1.57 bits per heavy atom. The van der Waals surface area contributed by atoms with Crippen molar-refractivity contribution in [1.82, 2.24) is 0 Å². The minimum atomic E-state index is -1.08. The molecule has 0 bridgehead atoms. The van der Waals surface area contributed by atoms with Gasteiger partial charge in [0.2, 0.25) is 0 Å². The Bertz CT molecular complexity index is 1210. The van der Waals surface area contributed by atoms with E-state index in [4.69, 9.17) is 9.15 Å². The number of hydrogen-bond donors (Lipinski definition) is 1. The van der Waals surface area contributed by atoms with Crippen molar-refractivity contribution in [1.29, 1.82) is 0 Å². The second-order valence-corrected chi connectivity index (χ2v) is 6.89. The fourth-order valence-corrected chi connectivity index (χ4v) is 3.30. The van der Waals surface area contributed by atoms with Gasteiger partial charge in [-0.25, -0.2) is 4.79 Å². The number of esters is 1. The summed E-state index contributed by atoms with van der Waals surface area (Å²) in [7, 11) is 0. The van der Waals surface area contributed by atoms with Crippen LogP contribution in [0.3, 0.4) is 0 Å². The van der Waals surface area contributed by atoms with Crippen LogP contribution in [0.2, 0.25) is 0 Å². The van der Waals surface area contributed by atoms with Gasteiger partial charge in [-0.15, -0.1) is 0 Å². The molecule has 1 aromatic heterocycles. The molecule has 1 atom stereocenters. The lowest BCUT2D eigenvalue weighted by Gasteiger charge is -2.19. The molecule has 1 aliphatic carbocycles. The average molecular weight is 403 g/mol. The quantitative estimate of drug-likeness (QED) is 0.523. The molecule has 4 rings (SSSR count). The number of nitrogens with one attached hydrogen (secondary N) is 1. The van der Waals surface area contributed by atoms with Crippen molar-refractivity contribution in [2.24, 2.45) is 0 Å². The van der Waals surface area contributed by atoms with Crippen LogP contribution in [0.25, 0.3) is 0 Å². The Kier molecular flexibility index (Phi) is 4.79. The molecule has 0 fully saturated rings. The number of anilines is 1. The Morgan fingerprint density at radius 3 is 2.20 bits per heavy atom. The summed E-state index contributed by atoms with van der Waals surface area (Å²) in [6.45, 7) is 3.05.